The Balaban J connectivity index is 0. The second kappa shape index (κ2) is 8.94. The molecular weight excluding hydrogens is 70.5 g/mol. The Morgan fingerprint density at radius 3 is 2.17 bits per heavy atom. The van der Waals surface area contributed by atoms with Crippen molar-refractivity contribution in [3.05, 3.63) is 0 Å². The lowest BCUT2D eigenvalue weighted by Crippen LogP contribution is -1.98. The molecule has 0 aliphatic rings. The van der Waals surface area contributed by atoms with Crippen LogP contribution < -0.4 is 6.15 Å². The lowest BCUT2D eigenvalue weighted by atomic mass is 9.27. The maximum absolute atomic E-state index is 4.96. The van der Waals surface area contributed by atoms with Crippen LogP contribution in [0.5, 0.6) is 0 Å². The molecule has 0 heterocycles. The highest BCUT2D eigenvalue weighted by atomic mass is 14.0. The molecule has 0 atom stereocenters. The van der Waals surface area contributed by atoms with E-state index in [1.165, 1.54) is 0 Å². The molecule has 4 heteroatoms. The largest absolute Gasteiger partial charge is 0.344 e. The fraction of sp³-hybridized carbons (Fsp3) is 1.00. The van der Waals surface area contributed by atoms with Crippen molar-refractivity contribution in [3.8, 4) is 0 Å². The average Bonchev–Trinajstić information content (AvgIpc) is 1.41. The average molecular weight is 78.5 g/mol. The summed E-state index contributed by atoms with van der Waals surface area (Å²) < 4.78 is 0. The summed E-state index contributed by atoms with van der Waals surface area (Å²) in [5.74, 6) is 0. The van der Waals surface area contributed by atoms with Gasteiger partial charge in [0.2, 0.25) is 0 Å². The van der Waals surface area contributed by atoms with Gasteiger partial charge < -0.3 is 6.15 Å². The molecule has 1 nitrogen and oxygen atoms in total. The molecular formula is C2H8B3N. The van der Waals surface area contributed by atoms with Crippen LogP contribution in [0.2, 0.25) is 6.32 Å². The second-order valence-corrected chi connectivity index (χ2v) is 0.836. The van der Waals surface area contributed by atoms with E-state index in [0.29, 0.717) is 0 Å². The third kappa shape index (κ3) is 8.91. The van der Waals surface area contributed by atoms with Crippen molar-refractivity contribution >= 4 is 22.0 Å². The van der Waals surface area contributed by atoms with Crippen molar-refractivity contribution in [2.75, 3.05) is 0 Å². The molecule has 0 fully saturated rings. The molecule has 0 aromatic carbocycles. The first-order valence-corrected chi connectivity index (χ1v) is 1.78. The van der Waals surface area contributed by atoms with Crippen molar-refractivity contribution < 1.29 is 0 Å². The normalized spacial score (nSPS) is 5.50. The highest BCUT2D eigenvalue weighted by Crippen LogP contribution is 1.63. The van der Waals surface area contributed by atoms with Crippen LogP contribution >= 0.6 is 0 Å². The maximum Gasteiger partial charge on any atom is 0.0541 e. The zero-order chi connectivity index (χ0) is 4.12. The standard InChI is InChI=1S/C2H5B3.H3N/c1-2-4-5-3;/h2H2,1H3;1H3. The summed E-state index contributed by atoms with van der Waals surface area (Å²) in [6.45, 7) is 2.04. The van der Waals surface area contributed by atoms with E-state index < -0.39 is 0 Å². The van der Waals surface area contributed by atoms with E-state index in [-0.39, 0.29) is 6.15 Å². The van der Waals surface area contributed by atoms with Crippen LogP contribution in [0.1, 0.15) is 6.92 Å². The molecule has 3 N–H and O–H groups in total. The molecule has 0 unspecified atom stereocenters. The quantitative estimate of drug-likeness (QED) is 0.464. The molecule has 0 bridgehead atoms. The number of hydrogen-bond acceptors (Lipinski definition) is 1. The van der Waals surface area contributed by atoms with E-state index in [9.17, 15) is 0 Å². The summed E-state index contributed by atoms with van der Waals surface area (Å²) in [7, 11) is 8.42. The van der Waals surface area contributed by atoms with E-state index >= 15 is 0 Å². The Kier molecular flexibility index (Phi) is 14.1. The fourth-order valence-corrected chi connectivity index (χ4v) is 0.136. The zero-order valence-corrected chi connectivity index (χ0v) is 4.15. The van der Waals surface area contributed by atoms with Gasteiger partial charge in [0.15, 0.2) is 0 Å². The summed E-state index contributed by atoms with van der Waals surface area (Å²) in [6.07, 6.45) is 1.04. The van der Waals surface area contributed by atoms with Crippen molar-refractivity contribution in [1.82, 2.24) is 6.15 Å². The molecule has 0 aliphatic heterocycles. The Labute approximate surface area is 42.3 Å². The molecule has 0 rings (SSSR count). The minimum absolute atomic E-state index is 0. The van der Waals surface area contributed by atoms with Crippen molar-refractivity contribution in [3.63, 3.8) is 0 Å². The molecule has 0 amide bonds. The molecule has 30 valence electrons. The van der Waals surface area contributed by atoms with Crippen LogP contribution in [0, 0.1) is 0 Å². The summed E-state index contributed by atoms with van der Waals surface area (Å²) in [5, 5.41) is 0. The van der Waals surface area contributed by atoms with Crippen LogP contribution in [0.4, 0.5) is 0 Å². The topological polar surface area (TPSA) is 35.0 Å². The molecule has 0 saturated carbocycles. The monoisotopic (exact) mass is 79.1 g/mol. The van der Waals surface area contributed by atoms with Crippen LogP contribution in [0.25, 0.3) is 0 Å². The fourth-order valence-electron chi connectivity index (χ4n) is 0.136. The summed E-state index contributed by atoms with van der Waals surface area (Å²) >= 11 is 0. The first-order chi connectivity index (χ1) is 2.41. The second-order valence-electron chi connectivity index (χ2n) is 0.836. The van der Waals surface area contributed by atoms with Gasteiger partial charge in [0.1, 0.15) is 0 Å². The maximum atomic E-state index is 4.96. The van der Waals surface area contributed by atoms with Gasteiger partial charge in [0.25, 0.3) is 0 Å². The van der Waals surface area contributed by atoms with Crippen LogP contribution in [-0.4, -0.2) is 22.0 Å². The number of hydrogen-bond donors (Lipinski definition) is 1. The number of rotatable bonds is 2. The van der Waals surface area contributed by atoms with Gasteiger partial charge in [-0.3, -0.25) is 0 Å². The summed E-state index contributed by atoms with van der Waals surface area (Å²) in [5.41, 5.74) is 0. The molecule has 6 heavy (non-hydrogen) atoms. The lowest BCUT2D eigenvalue weighted by molar-refractivity contribution is 1.47. The van der Waals surface area contributed by atoms with Gasteiger partial charge in [0.05, 0.1) is 7.17 Å². The predicted molar refractivity (Wildman–Crippen MR) is 32.8 cm³/mol. The van der Waals surface area contributed by atoms with E-state index in [1.54, 1.807) is 7.06 Å². The van der Waals surface area contributed by atoms with Crippen molar-refractivity contribution in [2.45, 2.75) is 13.2 Å². The summed E-state index contributed by atoms with van der Waals surface area (Å²) in [6, 6.07) is 0. The first-order valence-electron chi connectivity index (χ1n) is 1.78. The minimum atomic E-state index is 0. The molecule has 0 aliphatic carbocycles. The lowest BCUT2D eigenvalue weighted by Gasteiger charge is -1.74. The zero-order valence-electron chi connectivity index (χ0n) is 4.15. The van der Waals surface area contributed by atoms with Crippen LogP contribution in [0.3, 0.4) is 0 Å². The molecule has 0 saturated heterocycles. The highest BCUT2D eigenvalue weighted by molar-refractivity contribution is 7.23. The molecule has 4 radical (unpaired) electrons. The summed E-state index contributed by atoms with van der Waals surface area (Å²) in [4.78, 5) is 0. The van der Waals surface area contributed by atoms with Gasteiger partial charge in [-0.15, -0.1) is 0 Å². The van der Waals surface area contributed by atoms with Crippen LogP contribution in [0.15, 0.2) is 0 Å². The van der Waals surface area contributed by atoms with Gasteiger partial charge >= 0.3 is 0 Å². The smallest absolute Gasteiger partial charge is 0.0541 e. The Hall–Kier alpha value is 0.155. The Bertz CT molecular complexity index is 16.3. The van der Waals surface area contributed by atoms with E-state index in [0.717, 1.165) is 6.32 Å². The molecule has 0 aromatic rings. The van der Waals surface area contributed by atoms with E-state index in [4.69, 9.17) is 7.74 Å². The van der Waals surface area contributed by atoms with Gasteiger partial charge in [-0.25, -0.2) is 0 Å². The third-order valence-corrected chi connectivity index (χ3v) is 0.372. The SMILES string of the molecule is N.[B][B][B]CC. The van der Waals surface area contributed by atoms with Crippen molar-refractivity contribution in [2.24, 2.45) is 0 Å². The van der Waals surface area contributed by atoms with E-state index in [2.05, 4.69) is 0 Å². The van der Waals surface area contributed by atoms with Gasteiger partial charge in [-0.2, -0.15) is 0 Å². The van der Waals surface area contributed by atoms with Gasteiger partial charge in [-0.1, -0.05) is 13.2 Å². The van der Waals surface area contributed by atoms with Gasteiger partial charge in [-0.05, 0) is 0 Å². The Morgan fingerprint density at radius 1 is 1.67 bits per heavy atom. The predicted octanol–water partition coefficient (Wildman–Crippen LogP) is -0.00650. The molecule has 0 aromatic heterocycles. The minimum Gasteiger partial charge on any atom is -0.344 e. The van der Waals surface area contributed by atoms with Gasteiger partial charge in [0, 0.05) is 14.8 Å². The van der Waals surface area contributed by atoms with Crippen LogP contribution in [-0.2, 0) is 0 Å². The first kappa shape index (κ1) is 9.47. The van der Waals surface area contributed by atoms with E-state index in [1.807, 2.05) is 14.1 Å². The molecule has 0 spiro atoms. The third-order valence-electron chi connectivity index (χ3n) is 0.372. The van der Waals surface area contributed by atoms with Crippen molar-refractivity contribution in [1.29, 1.82) is 0 Å². The highest BCUT2D eigenvalue weighted by Gasteiger charge is 1.73. The Morgan fingerprint density at radius 2 is 2.17 bits per heavy atom.